The molecule has 1 unspecified atom stereocenters. The van der Waals surface area contributed by atoms with E-state index in [0.29, 0.717) is 0 Å². The van der Waals surface area contributed by atoms with Crippen LogP contribution in [-0.2, 0) is 0 Å². The van der Waals surface area contributed by atoms with Crippen LogP contribution in [0.3, 0.4) is 0 Å². The molecule has 0 N–H and O–H groups in total. The Hall–Kier alpha value is -5.54. The van der Waals surface area contributed by atoms with E-state index in [1.807, 2.05) is 0 Å². The second kappa shape index (κ2) is 9.48. The molecule has 3 heterocycles. The van der Waals surface area contributed by atoms with Gasteiger partial charge in [-0.3, -0.25) is 0 Å². The van der Waals surface area contributed by atoms with Crippen molar-refractivity contribution in [3.8, 4) is 16.9 Å². The van der Waals surface area contributed by atoms with Gasteiger partial charge in [0.15, 0.2) is 0 Å². The average Bonchev–Trinajstić information content (AvgIpc) is 3.76. The molecule has 0 radical (unpaired) electrons. The molecule has 3 aliphatic rings. The summed E-state index contributed by atoms with van der Waals surface area (Å²) in [4.78, 5) is 0. The molecule has 1 aliphatic heterocycles. The van der Waals surface area contributed by atoms with Crippen molar-refractivity contribution in [1.29, 1.82) is 0 Å². The van der Waals surface area contributed by atoms with Crippen molar-refractivity contribution < 1.29 is 4.74 Å². The van der Waals surface area contributed by atoms with Gasteiger partial charge in [-0.05, 0) is 85.0 Å². The van der Waals surface area contributed by atoms with E-state index in [1.54, 1.807) is 0 Å². The first kappa shape index (κ1) is 24.9. The van der Waals surface area contributed by atoms with Crippen LogP contribution >= 0.6 is 0 Å². The van der Waals surface area contributed by atoms with Crippen molar-refractivity contribution in [1.82, 2.24) is 9.13 Å². The minimum absolute atomic E-state index is 0.255. The molecule has 5 aromatic carbocycles. The topological polar surface area (TPSA) is 19.1 Å². The third kappa shape index (κ3) is 3.58. The number of benzene rings is 5. The van der Waals surface area contributed by atoms with E-state index in [2.05, 4.69) is 149 Å². The van der Waals surface area contributed by atoms with Gasteiger partial charge in [0.1, 0.15) is 11.5 Å². The maximum Gasteiger partial charge on any atom is 0.136 e. The number of nitrogens with zero attached hydrogens (tertiary/aromatic N) is 2. The van der Waals surface area contributed by atoms with Crippen LogP contribution in [0.1, 0.15) is 30.7 Å². The molecule has 3 nitrogen and oxygen atoms in total. The molecule has 0 saturated heterocycles. The van der Waals surface area contributed by atoms with Crippen LogP contribution in [-0.4, -0.2) is 9.13 Å². The van der Waals surface area contributed by atoms with Gasteiger partial charge in [-0.2, -0.15) is 0 Å². The zero-order chi connectivity index (χ0) is 29.5. The lowest BCUT2D eigenvalue weighted by Gasteiger charge is -2.20. The van der Waals surface area contributed by atoms with E-state index < -0.39 is 0 Å². The summed E-state index contributed by atoms with van der Waals surface area (Å²) < 4.78 is 11.4. The molecule has 7 aromatic rings. The van der Waals surface area contributed by atoms with Gasteiger partial charge in [0.05, 0.1) is 33.7 Å². The fourth-order valence-electron chi connectivity index (χ4n) is 7.85. The smallest absolute Gasteiger partial charge is 0.136 e. The van der Waals surface area contributed by atoms with E-state index in [1.165, 1.54) is 66.0 Å². The second-order valence-electron chi connectivity index (χ2n) is 12.4. The van der Waals surface area contributed by atoms with Crippen molar-refractivity contribution >= 4 is 55.0 Å². The number of hydrogen-bond donors (Lipinski definition) is 0. The molecular formula is C42H30N2O. The van der Waals surface area contributed by atoms with Gasteiger partial charge in [-0.25, -0.2) is 0 Å². The minimum Gasteiger partial charge on any atom is -0.459 e. The van der Waals surface area contributed by atoms with E-state index >= 15 is 0 Å². The first-order valence-corrected chi connectivity index (χ1v) is 16.0. The van der Waals surface area contributed by atoms with Gasteiger partial charge in [0.2, 0.25) is 0 Å². The predicted molar refractivity (Wildman–Crippen MR) is 187 cm³/mol. The number of allylic oxidation sites excluding steroid dienone is 8. The van der Waals surface area contributed by atoms with Crippen LogP contribution in [0.25, 0.3) is 66.1 Å². The number of ether oxygens (including phenoxy) is 1. The number of rotatable bonds is 3. The molecule has 3 heteroatoms. The third-order valence-electron chi connectivity index (χ3n) is 9.88. The van der Waals surface area contributed by atoms with Crippen molar-refractivity contribution in [3.05, 3.63) is 151 Å². The van der Waals surface area contributed by atoms with Gasteiger partial charge in [-0.1, -0.05) is 85.0 Å². The minimum atomic E-state index is 0.255. The first-order chi connectivity index (χ1) is 22.3. The lowest BCUT2D eigenvalue weighted by Crippen LogP contribution is -2.09. The molecule has 2 aromatic heterocycles. The Kier molecular flexibility index (Phi) is 5.23. The van der Waals surface area contributed by atoms with Gasteiger partial charge < -0.3 is 13.9 Å². The number of aromatic nitrogens is 2. The normalized spacial score (nSPS) is 17.3. The molecule has 10 rings (SSSR count). The SMILES string of the molecule is C1=CC(n2c3ccccc3c3cc(-c4ccc5c(c4)c4ccccc4n5C4=C5Oc6ccccc6C5CC=C4)ccc32)=CCC1. The van der Waals surface area contributed by atoms with Crippen LogP contribution in [0.5, 0.6) is 5.75 Å². The Morgan fingerprint density at radius 2 is 1.20 bits per heavy atom. The summed E-state index contributed by atoms with van der Waals surface area (Å²) in [5, 5.41) is 5.08. The predicted octanol–water partition coefficient (Wildman–Crippen LogP) is 11.1. The van der Waals surface area contributed by atoms with Crippen LogP contribution in [0.4, 0.5) is 0 Å². The molecule has 0 bridgehead atoms. The summed E-state index contributed by atoms with van der Waals surface area (Å²) in [5.41, 5.74) is 11.0. The maximum absolute atomic E-state index is 6.56. The number of para-hydroxylation sites is 3. The Labute approximate surface area is 261 Å². The van der Waals surface area contributed by atoms with E-state index in [9.17, 15) is 0 Å². The summed E-state index contributed by atoms with van der Waals surface area (Å²) >= 11 is 0. The Morgan fingerprint density at radius 1 is 0.556 bits per heavy atom. The molecule has 214 valence electrons. The lowest BCUT2D eigenvalue weighted by atomic mass is 9.91. The molecule has 0 spiro atoms. The van der Waals surface area contributed by atoms with E-state index in [4.69, 9.17) is 4.74 Å². The highest BCUT2D eigenvalue weighted by atomic mass is 16.5. The second-order valence-corrected chi connectivity index (χ2v) is 12.4. The van der Waals surface area contributed by atoms with Gasteiger partial charge in [0.25, 0.3) is 0 Å². The number of fused-ring (bicyclic) bond motifs is 9. The highest BCUT2D eigenvalue weighted by Gasteiger charge is 2.34. The van der Waals surface area contributed by atoms with Gasteiger partial charge in [-0.15, -0.1) is 0 Å². The van der Waals surface area contributed by atoms with Crippen molar-refractivity contribution in [3.63, 3.8) is 0 Å². The van der Waals surface area contributed by atoms with E-state index in [0.717, 1.165) is 36.5 Å². The van der Waals surface area contributed by atoms with Gasteiger partial charge >= 0.3 is 0 Å². The molecule has 45 heavy (non-hydrogen) atoms. The van der Waals surface area contributed by atoms with Crippen molar-refractivity contribution in [2.45, 2.75) is 25.2 Å². The summed E-state index contributed by atoms with van der Waals surface area (Å²) in [7, 11) is 0. The largest absolute Gasteiger partial charge is 0.459 e. The third-order valence-corrected chi connectivity index (χ3v) is 9.88. The first-order valence-electron chi connectivity index (χ1n) is 16.0. The summed E-state index contributed by atoms with van der Waals surface area (Å²) in [6.07, 6.45) is 14.6. The zero-order valence-corrected chi connectivity index (χ0v) is 24.8. The number of hydrogen-bond acceptors (Lipinski definition) is 1. The Bertz CT molecular complexity index is 2500. The quantitative estimate of drug-likeness (QED) is 0.204. The van der Waals surface area contributed by atoms with Gasteiger partial charge in [0, 0.05) is 32.8 Å². The van der Waals surface area contributed by atoms with E-state index in [-0.39, 0.29) is 5.92 Å². The monoisotopic (exact) mass is 578 g/mol. The average molecular weight is 579 g/mol. The fourth-order valence-corrected chi connectivity index (χ4v) is 7.85. The Morgan fingerprint density at radius 3 is 1.93 bits per heavy atom. The summed E-state index contributed by atoms with van der Waals surface area (Å²) in [5.74, 6) is 2.29. The highest BCUT2D eigenvalue weighted by Crippen LogP contribution is 2.48. The Balaban J connectivity index is 1.16. The van der Waals surface area contributed by atoms with Crippen molar-refractivity contribution in [2.75, 3.05) is 0 Å². The lowest BCUT2D eigenvalue weighted by molar-refractivity contribution is 0.426. The van der Waals surface area contributed by atoms with Crippen LogP contribution in [0.2, 0.25) is 0 Å². The fraction of sp³-hybridized carbons (Fsp3) is 0.0952. The maximum atomic E-state index is 6.56. The standard InChI is InChI=1S/C42H30N2O/c1-2-11-29(12-3-1)43-36-17-7-4-13-30(36)34-25-27(21-23-38(34)43)28-22-24-39-35(26-28)31-14-5-8-18-37(31)44(39)40-19-10-16-33-32-15-6-9-20-41(32)45-42(33)40/h2,4-15,17-26,33H,1,3,16H2. The van der Waals surface area contributed by atoms with Crippen LogP contribution < -0.4 is 4.74 Å². The molecular weight excluding hydrogens is 548 g/mol. The van der Waals surface area contributed by atoms with Crippen molar-refractivity contribution in [2.24, 2.45) is 0 Å². The highest BCUT2D eigenvalue weighted by molar-refractivity contribution is 6.14. The summed E-state index contributed by atoms with van der Waals surface area (Å²) in [6, 6.07) is 39.9. The van der Waals surface area contributed by atoms with Crippen LogP contribution in [0, 0.1) is 0 Å². The van der Waals surface area contributed by atoms with Crippen LogP contribution in [0.15, 0.2) is 145 Å². The molecule has 0 fully saturated rings. The molecule has 2 aliphatic carbocycles. The molecule has 0 amide bonds. The summed E-state index contributed by atoms with van der Waals surface area (Å²) in [6.45, 7) is 0. The molecule has 0 saturated carbocycles. The zero-order valence-electron chi connectivity index (χ0n) is 24.8. The molecule has 1 atom stereocenters.